The summed E-state index contributed by atoms with van der Waals surface area (Å²) in [7, 11) is 0.900. The molecule has 0 saturated carbocycles. The molecule has 1 N–H and O–H groups in total. The van der Waals surface area contributed by atoms with Gasteiger partial charge in [0.15, 0.2) is 25.5 Å². The molecule has 1 aliphatic heterocycles. The van der Waals surface area contributed by atoms with E-state index in [0.29, 0.717) is 27.7 Å². The largest absolute Gasteiger partial charge is 0.508 e. The first-order chi connectivity index (χ1) is 25.5. The number of benzene rings is 3. The van der Waals surface area contributed by atoms with E-state index >= 15 is 14.0 Å². The van der Waals surface area contributed by atoms with Gasteiger partial charge in [0.25, 0.3) is 5.88 Å². The molecule has 9 nitrogen and oxygen atoms in total. The van der Waals surface area contributed by atoms with Gasteiger partial charge >= 0.3 is 0 Å². The molecule has 0 unspecified atom stereocenters. The minimum Gasteiger partial charge on any atom is -0.508 e. The van der Waals surface area contributed by atoms with Crippen molar-refractivity contribution in [2.24, 2.45) is 11.8 Å². The van der Waals surface area contributed by atoms with Gasteiger partial charge in [0.05, 0.1) is 6.04 Å². The lowest BCUT2D eigenvalue weighted by Crippen LogP contribution is -2.65. The third-order valence-electron chi connectivity index (χ3n) is 12.9. The molecule has 4 atom stereocenters. The molecule has 284 valence electrons. The summed E-state index contributed by atoms with van der Waals surface area (Å²) in [6.07, 6.45) is 1.65. The van der Waals surface area contributed by atoms with E-state index in [4.69, 9.17) is 13.7 Å². The number of hydrogen-bond donors (Lipinski definition) is 1. The van der Waals surface area contributed by atoms with Crippen molar-refractivity contribution in [3.05, 3.63) is 105 Å². The maximum Gasteiger partial charge on any atom is 0.265 e. The van der Waals surface area contributed by atoms with E-state index in [-0.39, 0.29) is 52.8 Å². The number of aromatic nitrogens is 1. The van der Waals surface area contributed by atoms with Gasteiger partial charge in [-0.1, -0.05) is 63.2 Å². The van der Waals surface area contributed by atoms with E-state index < -0.39 is 49.2 Å². The summed E-state index contributed by atoms with van der Waals surface area (Å²) in [6, 6.07) is 14.8. The predicted molar refractivity (Wildman–Crippen MR) is 207 cm³/mol. The Balaban J connectivity index is 1.31. The number of rotatable bonds is 8. The summed E-state index contributed by atoms with van der Waals surface area (Å²) in [5.74, 6) is -2.67. The van der Waals surface area contributed by atoms with Gasteiger partial charge in [0.1, 0.15) is 23.7 Å². The van der Waals surface area contributed by atoms with Crippen molar-refractivity contribution >= 4 is 30.7 Å². The lowest BCUT2D eigenvalue weighted by Gasteiger charge is -2.55. The molecule has 11 heteroatoms. The molecule has 2 heterocycles. The molecule has 4 aromatic rings. The fraction of sp³-hybridized carbons (Fsp3) is 0.465. The molecule has 0 amide bonds. The number of halogens is 1. The highest BCUT2D eigenvalue weighted by Gasteiger charge is 2.67. The molecule has 1 aromatic heterocycles. The van der Waals surface area contributed by atoms with Gasteiger partial charge in [-0.15, -0.1) is 0 Å². The summed E-state index contributed by atoms with van der Waals surface area (Å²) in [6.45, 7) is 15.1. The number of allylic oxidation sites excluding steroid dienone is 1. The Morgan fingerprint density at radius 3 is 2.43 bits per heavy atom. The van der Waals surface area contributed by atoms with Gasteiger partial charge in [0.2, 0.25) is 5.78 Å². The molecule has 3 aliphatic carbocycles. The molecule has 0 radical (unpaired) electrons. The highest BCUT2D eigenvalue weighted by Crippen LogP contribution is 2.59. The number of nitrogens with zero attached hydrogens (tertiary/aromatic N) is 3. The molecule has 1 fully saturated rings. The van der Waals surface area contributed by atoms with Crippen molar-refractivity contribution in [1.82, 2.24) is 15.0 Å². The molecule has 3 aromatic carbocycles. The van der Waals surface area contributed by atoms with Crippen LogP contribution < -0.4 is 4.74 Å². The number of fused-ring (bicyclic) bond motifs is 5. The predicted octanol–water partition coefficient (Wildman–Crippen LogP) is 8.51. The summed E-state index contributed by atoms with van der Waals surface area (Å²) in [5, 5.41) is 18.0. The zero-order chi connectivity index (χ0) is 38.5. The number of ether oxygens (including phenoxy) is 1. The van der Waals surface area contributed by atoms with Crippen LogP contribution in [0.3, 0.4) is 0 Å². The van der Waals surface area contributed by atoms with Gasteiger partial charge in [-0.3, -0.25) is 19.4 Å². The fourth-order valence-electron chi connectivity index (χ4n) is 8.98. The molecule has 0 spiro atoms. The SMILES string of the molecule is Cc1c2c(c(F)c3ccc(CN4CCC4)cc13)C[C@H]1C[C@H]3[C@H](N(C)C)c4onc(OCc5ccccc5)c4C(=O)[C@@]3(O[Si](C)(C)C(C)(C)C)C(O)=C1C2=O. The van der Waals surface area contributed by atoms with Gasteiger partial charge in [-0.25, -0.2) is 4.39 Å². The third kappa shape index (κ3) is 5.52. The van der Waals surface area contributed by atoms with Crippen LogP contribution in [0.2, 0.25) is 18.1 Å². The smallest absolute Gasteiger partial charge is 0.265 e. The minimum atomic E-state index is -2.87. The first-order valence-electron chi connectivity index (χ1n) is 19.1. The van der Waals surface area contributed by atoms with Crippen LogP contribution in [0, 0.1) is 24.6 Å². The number of aliphatic hydroxyl groups excluding tert-OH is 1. The second-order valence-electron chi connectivity index (χ2n) is 17.5. The van der Waals surface area contributed by atoms with Crippen LogP contribution in [0.5, 0.6) is 5.88 Å². The highest BCUT2D eigenvalue weighted by atomic mass is 28.4. The standard InChI is InChI=1S/C43H50FN3O6Si/c1-24-29-19-26(22-47-17-12-18-47)15-16-28(29)35(44)30-20-27-21-31-36(46(5)6)38-34(41(45-52-38)51-23-25-13-10-9-11-14-25)40(50)43(31,53-54(7,8)42(2,3)4)39(49)33(27)37(48)32(24)30/h9-11,13-16,19,27,31,36,49H,12,17-18,20-23H2,1-8H3/t27-,31-,36-,43-/m0/s1. The lowest BCUT2D eigenvalue weighted by atomic mass is 9.58. The Bertz CT molecular complexity index is 2220. The number of aliphatic hydroxyl groups is 1. The first-order valence-corrected chi connectivity index (χ1v) is 22.0. The molecule has 0 bridgehead atoms. The van der Waals surface area contributed by atoms with Crippen molar-refractivity contribution in [3.63, 3.8) is 0 Å². The van der Waals surface area contributed by atoms with Crippen LogP contribution in [-0.2, 0) is 24.0 Å². The van der Waals surface area contributed by atoms with Gasteiger partial charge < -0.3 is 18.8 Å². The van der Waals surface area contributed by atoms with Crippen molar-refractivity contribution < 1.29 is 32.8 Å². The van der Waals surface area contributed by atoms with Gasteiger partial charge in [-0.05, 0) is 111 Å². The Labute approximate surface area is 317 Å². The van der Waals surface area contributed by atoms with Crippen LogP contribution in [0.15, 0.2) is 64.4 Å². The number of ketones is 2. The lowest BCUT2D eigenvalue weighted by molar-refractivity contribution is -0.0480. The maximum atomic E-state index is 16.7. The number of carbonyl (C=O) groups is 2. The number of hydrogen-bond acceptors (Lipinski definition) is 9. The number of likely N-dealkylation sites (tertiary alicyclic amines) is 1. The zero-order valence-electron chi connectivity index (χ0n) is 32.5. The quantitative estimate of drug-likeness (QED) is 0.178. The summed E-state index contributed by atoms with van der Waals surface area (Å²) in [5.41, 5.74) is 1.55. The van der Waals surface area contributed by atoms with E-state index in [1.807, 2.05) is 87.5 Å². The number of aryl methyl sites for hydroxylation is 1. The molecule has 8 rings (SSSR count). The van der Waals surface area contributed by atoms with Crippen molar-refractivity contribution in [2.75, 3.05) is 27.2 Å². The van der Waals surface area contributed by atoms with Crippen LogP contribution in [0.25, 0.3) is 10.8 Å². The van der Waals surface area contributed by atoms with Crippen molar-refractivity contribution in [1.29, 1.82) is 0 Å². The highest BCUT2D eigenvalue weighted by molar-refractivity contribution is 6.74. The van der Waals surface area contributed by atoms with Crippen molar-refractivity contribution in [2.45, 2.75) is 89.9 Å². The Morgan fingerprint density at radius 1 is 1.06 bits per heavy atom. The van der Waals surface area contributed by atoms with E-state index in [2.05, 4.69) is 30.8 Å². The monoisotopic (exact) mass is 751 g/mol. The zero-order valence-corrected chi connectivity index (χ0v) is 33.5. The van der Waals surface area contributed by atoms with Gasteiger partial charge in [-0.2, -0.15) is 0 Å². The second-order valence-corrected chi connectivity index (χ2v) is 22.2. The molecule has 54 heavy (non-hydrogen) atoms. The van der Waals surface area contributed by atoms with E-state index in [9.17, 15) is 5.11 Å². The van der Waals surface area contributed by atoms with Crippen LogP contribution in [0.1, 0.15) is 88.4 Å². The van der Waals surface area contributed by atoms with Crippen LogP contribution in [0.4, 0.5) is 4.39 Å². The van der Waals surface area contributed by atoms with Gasteiger partial charge in [0, 0.05) is 34.5 Å². The van der Waals surface area contributed by atoms with E-state index in [0.717, 1.165) is 30.8 Å². The van der Waals surface area contributed by atoms with Crippen LogP contribution in [-0.4, -0.2) is 72.7 Å². The first kappa shape index (κ1) is 36.8. The Hall–Kier alpha value is -4.16. The molecular formula is C43H50FN3O6Si. The molecule has 4 aliphatic rings. The molecule has 1 saturated heterocycles. The third-order valence-corrected chi connectivity index (χ3v) is 17.4. The van der Waals surface area contributed by atoms with Crippen molar-refractivity contribution in [3.8, 4) is 5.88 Å². The number of carbonyl (C=O) groups excluding carboxylic acids is 2. The van der Waals surface area contributed by atoms with E-state index in [1.165, 1.54) is 6.42 Å². The summed E-state index contributed by atoms with van der Waals surface area (Å²) >= 11 is 0. The maximum absolute atomic E-state index is 16.7. The average Bonchev–Trinajstić information content (AvgIpc) is 3.52. The fourth-order valence-corrected chi connectivity index (χ4v) is 10.4. The van der Waals surface area contributed by atoms with Crippen LogP contribution >= 0.6 is 0 Å². The Morgan fingerprint density at radius 2 is 1.78 bits per heavy atom. The summed E-state index contributed by atoms with van der Waals surface area (Å²) < 4.78 is 36.1. The minimum absolute atomic E-state index is 0.0148. The Kier molecular flexibility index (Phi) is 8.84. The summed E-state index contributed by atoms with van der Waals surface area (Å²) in [4.78, 5) is 34.7. The second kappa shape index (κ2) is 13.0. The average molecular weight is 752 g/mol. The number of Topliss-reactive ketones (excluding diaryl/α,β-unsaturated/α-hetero) is 2. The normalized spacial score (nSPS) is 24.3. The molecular weight excluding hydrogens is 702 g/mol. The van der Waals surface area contributed by atoms with E-state index in [1.54, 1.807) is 0 Å². The topological polar surface area (TPSA) is 105 Å².